The average molecular weight is 442 g/mol. The van der Waals surface area contributed by atoms with Crippen molar-refractivity contribution in [1.29, 1.82) is 0 Å². The molecule has 0 bridgehead atoms. The summed E-state index contributed by atoms with van der Waals surface area (Å²) in [6, 6.07) is 11.6. The van der Waals surface area contributed by atoms with E-state index in [1.807, 2.05) is 30.3 Å². The van der Waals surface area contributed by atoms with E-state index < -0.39 is 29.6 Å². The smallest absolute Gasteiger partial charge is 0.429 e. The lowest BCUT2D eigenvalue weighted by atomic mass is 10.0. The number of hydrogen-bond donors (Lipinski definition) is 2. The lowest BCUT2D eigenvalue weighted by molar-refractivity contribution is 0.0635. The topological polar surface area (TPSA) is 79.9 Å². The number of nitrogens with one attached hydrogen (secondary N) is 2. The number of aryl methyl sites for hydroxylation is 1. The molecule has 2 aromatic carbocycles. The second kappa shape index (κ2) is 9.40. The van der Waals surface area contributed by atoms with Crippen LogP contribution in [-0.2, 0) is 16.1 Å². The maximum atomic E-state index is 14.8. The fourth-order valence-corrected chi connectivity index (χ4v) is 3.21. The highest BCUT2D eigenvalue weighted by Crippen LogP contribution is 2.30. The van der Waals surface area contributed by atoms with Crippen molar-refractivity contribution in [2.75, 3.05) is 5.32 Å². The van der Waals surface area contributed by atoms with Crippen molar-refractivity contribution in [2.24, 2.45) is 0 Å². The molecule has 32 heavy (non-hydrogen) atoms. The maximum absolute atomic E-state index is 14.8. The summed E-state index contributed by atoms with van der Waals surface area (Å²) >= 11 is 0. The Balaban J connectivity index is 1.71. The van der Waals surface area contributed by atoms with Crippen molar-refractivity contribution in [3.05, 3.63) is 76.7 Å². The number of amides is 2. The van der Waals surface area contributed by atoms with Crippen LogP contribution >= 0.6 is 0 Å². The van der Waals surface area contributed by atoms with Crippen molar-refractivity contribution in [3.8, 4) is 0 Å². The van der Waals surface area contributed by atoms with Crippen LogP contribution in [0, 0.1) is 12.7 Å². The quantitative estimate of drug-likeness (QED) is 0.647. The van der Waals surface area contributed by atoms with Gasteiger partial charge in [-0.25, -0.2) is 24.4 Å². The molecule has 0 saturated heterocycles. The molecule has 1 heterocycles. The molecule has 3 rings (SSSR count). The molecule has 7 nitrogen and oxygen atoms in total. The van der Waals surface area contributed by atoms with Gasteiger partial charge in [-0.05, 0) is 64.0 Å². The third kappa shape index (κ3) is 5.85. The molecule has 0 aliphatic carbocycles. The predicted octanol–water partition coefficient (Wildman–Crippen LogP) is 5.58. The van der Waals surface area contributed by atoms with E-state index in [1.54, 1.807) is 40.7 Å². The number of ether oxygens (including phenoxy) is 2. The second-order valence-corrected chi connectivity index (χ2v) is 8.61. The molecule has 1 atom stereocenters. The van der Waals surface area contributed by atoms with Crippen LogP contribution in [0.2, 0.25) is 0 Å². The molecule has 1 aliphatic rings. The number of hydrogen-bond acceptors (Lipinski definition) is 5. The Bertz CT molecular complexity index is 1030. The molecule has 170 valence electrons. The van der Waals surface area contributed by atoms with Crippen LogP contribution in [0.4, 0.5) is 19.7 Å². The van der Waals surface area contributed by atoms with Crippen molar-refractivity contribution < 1.29 is 23.5 Å². The van der Waals surface area contributed by atoms with E-state index in [4.69, 9.17) is 9.47 Å². The SMILES string of the molecule is CC1=CC(c2cc(NC(=O)OC(C)(C)C)c(C)cc2F)NN1C(=O)OCc1ccccc1. The number of benzene rings is 2. The van der Waals surface area contributed by atoms with Crippen LogP contribution in [0.25, 0.3) is 0 Å². The minimum Gasteiger partial charge on any atom is -0.444 e. The Hall–Kier alpha value is -3.39. The van der Waals surface area contributed by atoms with E-state index in [-0.39, 0.29) is 12.2 Å². The fourth-order valence-electron chi connectivity index (χ4n) is 3.21. The van der Waals surface area contributed by atoms with Gasteiger partial charge in [-0.3, -0.25) is 5.32 Å². The van der Waals surface area contributed by atoms with Gasteiger partial charge >= 0.3 is 12.2 Å². The molecule has 8 heteroatoms. The van der Waals surface area contributed by atoms with Gasteiger partial charge in [0, 0.05) is 16.9 Å². The van der Waals surface area contributed by atoms with Crippen LogP contribution in [0.15, 0.2) is 54.2 Å². The number of hydrazine groups is 1. The molecule has 2 amide bonds. The molecule has 0 fully saturated rings. The standard InChI is InChI=1S/C24H28FN3O4/c1-15-11-19(25)18(13-20(15)26-22(29)32-24(3,4)5)21-12-16(2)28(27-21)23(30)31-14-17-9-7-6-8-10-17/h6-13,21,27H,14H2,1-5H3,(H,26,29). The first kappa shape index (κ1) is 23.3. The zero-order valence-corrected chi connectivity index (χ0v) is 18.9. The monoisotopic (exact) mass is 441 g/mol. The van der Waals surface area contributed by atoms with Crippen molar-refractivity contribution in [1.82, 2.24) is 10.4 Å². The number of anilines is 1. The van der Waals surface area contributed by atoms with Crippen LogP contribution in [0.5, 0.6) is 0 Å². The summed E-state index contributed by atoms with van der Waals surface area (Å²) in [4.78, 5) is 24.7. The Morgan fingerprint density at radius 3 is 2.50 bits per heavy atom. The van der Waals surface area contributed by atoms with E-state index in [2.05, 4.69) is 10.7 Å². The Kier molecular flexibility index (Phi) is 6.84. The summed E-state index contributed by atoms with van der Waals surface area (Å²) in [5.74, 6) is -0.460. The van der Waals surface area contributed by atoms with Gasteiger partial charge < -0.3 is 9.47 Å². The van der Waals surface area contributed by atoms with Crippen molar-refractivity contribution in [2.45, 2.75) is 52.9 Å². The normalized spacial score (nSPS) is 15.9. The molecule has 0 aromatic heterocycles. The molecule has 2 N–H and O–H groups in total. The third-order valence-corrected chi connectivity index (χ3v) is 4.73. The highest BCUT2D eigenvalue weighted by molar-refractivity contribution is 5.86. The van der Waals surface area contributed by atoms with Gasteiger partial charge in [0.2, 0.25) is 0 Å². The van der Waals surface area contributed by atoms with Crippen LogP contribution in [0.3, 0.4) is 0 Å². The highest BCUT2D eigenvalue weighted by atomic mass is 19.1. The number of nitrogens with zero attached hydrogens (tertiary/aromatic N) is 1. The van der Waals surface area contributed by atoms with Crippen molar-refractivity contribution in [3.63, 3.8) is 0 Å². The first-order valence-electron chi connectivity index (χ1n) is 10.3. The minimum absolute atomic E-state index is 0.124. The van der Waals surface area contributed by atoms with Crippen LogP contribution in [0.1, 0.15) is 50.4 Å². The predicted molar refractivity (Wildman–Crippen MR) is 119 cm³/mol. The summed E-state index contributed by atoms with van der Waals surface area (Å²) in [5.41, 5.74) is 4.99. The van der Waals surface area contributed by atoms with E-state index in [0.29, 0.717) is 16.9 Å². The average Bonchev–Trinajstić information content (AvgIpc) is 3.09. The molecule has 0 radical (unpaired) electrons. The molecule has 2 aromatic rings. The van der Waals surface area contributed by atoms with E-state index in [1.165, 1.54) is 17.1 Å². The number of halogens is 1. The Morgan fingerprint density at radius 1 is 1.16 bits per heavy atom. The van der Waals surface area contributed by atoms with Crippen molar-refractivity contribution >= 4 is 17.9 Å². The molecule has 0 saturated carbocycles. The second-order valence-electron chi connectivity index (χ2n) is 8.61. The molecule has 1 aliphatic heterocycles. The first-order valence-corrected chi connectivity index (χ1v) is 10.3. The number of allylic oxidation sites excluding steroid dienone is 1. The van der Waals surface area contributed by atoms with Gasteiger partial charge in [0.25, 0.3) is 0 Å². The van der Waals surface area contributed by atoms with Gasteiger partial charge in [0.05, 0.1) is 6.04 Å². The van der Waals surface area contributed by atoms with Gasteiger partial charge in [-0.2, -0.15) is 0 Å². The van der Waals surface area contributed by atoms with Crippen LogP contribution in [-0.4, -0.2) is 22.8 Å². The zero-order valence-electron chi connectivity index (χ0n) is 18.9. The van der Waals surface area contributed by atoms with Gasteiger partial charge in [0.15, 0.2) is 0 Å². The highest BCUT2D eigenvalue weighted by Gasteiger charge is 2.30. The Morgan fingerprint density at radius 2 is 1.84 bits per heavy atom. The van der Waals surface area contributed by atoms with E-state index in [9.17, 15) is 14.0 Å². The lowest BCUT2D eigenvalue weighted by Gasteiger charge is -2.22. The fraction of sp³-hybridized carbons (Fsp3) is 0.333. The van der Waals surface area contributed by atoms with Gasteiger partial charge in [-0.1, -0.05) is 30.3 Å². The molecular weight excluding hydrogens is 413 g/mol. The lowest BCUT2D eigenvalue weighted by Crippen LogP contribution is -2.38. The number of rotatable bonds is 4. The largest absolute Gasteiger partial charge is 0.444 e. The molecular formula is C24H28FN3O4. The molecule has 1 unspecified atom stereocenters. The molecule has 0 spiro atoms. The zero-order chi connectivity index (χ0) is 23.5. The van der Waals surface area contributed by atoms with E-state index in [0.717, 1.165) is 5.56 Å². The summed E-state index contributed by atoms with van der Waals surface area (Å²) in [7, 11) is 0. The number of carbonyl (C=O) groups is 2. The third-order valence-electron chi connectivity index (χ3n) is 4.73. The van der Waals surface area contributed by atoms with E-state index >= 15 is 0 Å². The summed E-state index contributed by atoms with van der Waals surface area (Å²) in [5, 5.41) is 3.90. The van der Waals surface area contributed by atoms with Gasteiger partial charge in [-0.15, -0.1) is 0 Å². The van der Waals surface area contributed by atoms with Crippen LogP contribution < -0.4 is 10.7 Å². The summed E-state index contributed by atoms with van der Waals surface area (Å²) < 4.78 is 25.4. The minimum atomic E-state index is -0.658. The first-order chi connectivity index (χ1) is 15.0. The summed E-state index contributed by atoms with van der Waals surface area (Å²) in [6.07, 6.45) is 0.495. The number of carbonyl (C=O) groups excluding carboxylic acids is 2. The maximum Gasteiger partial charge on any atom is 0.429 e. The Labute approximate surface area is 187 Å². The van der Waals surface area contributed by atoms with Gasteiger partial charge in [0.1, 0.15) is 18.0 Å². The summed E-state index contributed by atoms with van der Waals surface area (Å²) in [6.45, 7) is 8.82.